The van der Waals surface area contributed by atoms with Crippen LogP contribution >= 0.6 is 11.8 Å². The van der Waals surface area contributed by atoms with E-state index in [0.717, 1.165) is 11.4 Å². The molecule has 1 aromatic heterocycles. The van der Waals surface area contributed by atoms with Gasteiger partial charge in [0.15, 0.2) is 0 Å². The molecule has 1 unspecified atom stereocenters. The van der Waals surface area contributed by atoms with Crippen LogP contribution in [0.3, 0.4) is 0 Å². The van der Waals surface area contributed by atoms with Gasteiger partial charge in [0.1, 0.15) is 5.82 Å². The number of nitrogens with zero attached hydrogens (tertiary/aromatic N) is 3. The van der Waals surface area contributed by atoms with Gasteiger partial charge in [-0.25, -0.2) is 4.98 Å². The second kappa shape index (κ2) is 5.51. The van der Waals surface area contributed by atoms with Gasteiger partial charge in [-0.05, 0) is 12.5 Å². The van der Waals surface area contributed by atoms with Crippen LogP contribution in [0.25, 0.3) is 0 Å². The van der Waals surface area contributed by atoms with Crippen molar-refractivity contribution in [3.05, 3.63) is 41.7 Å². The largest absolute Gasteiger partial charge is 0.262 e. The quantitative estimate of drug-likeness (QED) is 0.839. The highest BCUT2D eigenvalue weighted by molar-refractivity contribution is 7.99. The molecule has 0 saturated heterocycles. The van der Waals surface area contributed by atoms with E-state index in [-0.39, 0.29) is 5.92 Å². The molecule has 0 fully saturated rings. The summed E-state index contributed by atoms with van der Waals surface area (Å²) in [5.41, 5.74) is 1.04. The molecule has 0 saturated carbocycles. The van der Waals surface area contributed by atoms with Crippen LogP contribution in [-0.2, 0) is 0 Å². The first-order chi connectivity index (χ1) is 8.29. The number of aromatic nitrogens is 3. The van der Waals surface area contributed by atoms with Crippen LogP contribution < -0.4 is 0 Å². The first-order valence-corrected chi connectivity index (χ1v) is 6.24. The van der Waals surface area contributed by atoms with Gasteiger partial charge in [0.25, 0.3) is 0 Å². The molecule has 0 aliphatic heterocycles. The topological polar surface area (TPSA) is 65.4 Å². The van der Waals surface area contributed by atoms with Crippen LogP contribution in [0.4, 0.5) is 0 Å². The lowest BCUT2D eigenvalue weighted by atomic mass is 10.0. The van der Waals surface area contributed by atoms with E-state index in [0.29, 0.717) is 10.9 Å². The number of aryl methyl sites for hydroxylation is 1. The summed E-state index contributed by atoms with van der Waals surface area (Å²) < 4.78 is 0. The Morgan fingerprint density at radius 1 is 1.41 bits per heavy atom. The number of thioether (sulfide) groups is 1. The van der Waals surface area contributed by atoms with Crippen LogP contribution in [0.1, 0.15) is 17.3 Å². The van der Waals surface area contributed by atoms with E-state index in [9.17, 15) is 0 Å². The average Bonchev–Trinajstić information content (AvgIpc) is 2.77. The number of hydrogen-bond acceptors (Lipinski definition) is 4. The predicted octanol–water partition coefficient (Wildman–Crippen LogP) is 2.51. The Bertz CT molecular complexity index is 515. The van der Waals surface area contributed by atoms with Gasteiger partial charge in [0.05, 0.1) is 12.0 Å². The number of H-pyrrole nitrogens is 1. The van der Waals surface area contributed by atoms with Crippen molar-refractivity contribution in [2.75, 3.05) is 5.75 Å². The normalized spacial score (nSPS) is 12.0. The fourth-order valence-electron chi connectivity index (χ4n) is 1.44. The summed E-state index contributed by atoms with van der Waals surface area (Å²) in [6.07, 6.45) is 0. The summed E-state index contributed by atoms with van der Waals surface area (Å²) in [5, 5.41) is 16.7. The standard InChI is InChI=1S/C12H12N4S/c1-9-14-12(16-15-9)17-8-11(7-13)10-5-3-2-4-6-10/h2-6,11H,8H2,1H3,(H,14,15,16). The highest BCUT2D eigenvalue weighted by Gasteiger charge is 2.12. The van der Waals surface area contributed by atoms with Crippen molar-refractivity contribution in [2.24, 2.45) is 0 Å². The molecule has 1 heterocycles. The van der Waals surface area contributed by atoms with E-state index < -0.39 is 0 Å². The molecule has 1 atom stereocenters. The van der Waals surface area contributed by atoms with Crippen molar-refractivity contribution in [3.63, 3.8) is 0 Å². The molecule has 0 spiro atoms. The third kappa shape index (κ3) is 3.08. The first-order valence-electron chi connectivity index (χ1n) is 5.26. The van der Waals surface area contributed by atoms with Gasteiger partial charge in [-0.2, -0.15) is 5.26 Å². The number of nitriles is 1. The Morgan fingerprint density at radius 3 is 2.76 bits per heavy atom. The molecule has 0 bridgehead atoms. The molecule has 1 aromatic carbocycles. The highest BCUT2D eigenvalue weighted by atomic mass is 32.2. The maximum Gasteiger partial charge on any atom is 0.208 e. The monoisotopic (exact) mass is 244 g/mol. The molecule has 0 aliphatic rings. The van der Waals surface area contributed by atoms with Crippen molar-refractivity contribution < 1.29 is 0 Å². The second-order valence-corrected chi connectivity index (χ2v) is 4.59. The second-order valence-electron chi connectivity index (χ2n) is 3.61. The minimum atomic E-state index is -0.125. The van der Waals surface area contributed by atoms with E-state index in [1.165, 1.54) is 11.8 Å². The fraction of sp³-hybridized carbons (Fsp3) is 0.250. The lowest BCUT2D eigenvalue weighted by Crippen LogP contribution is -1.99. The summed E-state index contributed by atoms with van der Waals surface area (Å²) in [6.45, 7) is 1.86. The Morgan fingerprint density at radius 2 is 2.18 bits per heavy atom. The van der Waals surface area contributed by atoms with Gasteiger partial charge in [-0.15, -0.1) is 5.10 Å². The summed E-state index contributed by atoms with van der Waals surface area (Å²) in [4.78, 5) is 4.20. The van der Waals surface area contributed by atoms with E-state index in [4.69, 9.17) is 5.26 Å². The molecule has 0 amide bonds. The van der Waals surface area contributed by atoms with Crippen LogP contribution in [0.5, 0.6) is 0 Å². The van der Waals surface area contributed by atoms with Gasteiger partial charge in [-0.1, -0.05) is 42.1 Å². The zero-order valence-corrected chi connectivity index (χ0v) is 10.2. The third-order valence-corrected chi connectivity index (χ3v) is 3.25. The average molecular weight is 244 g/mol. The predicted molar refractivity (Wildman–Crippen MR) is 66.6 cm³/mol. The van der Waals surface area contributed by atoms with Crippen LogP contribution in [0.2, 0.25) is 0 Å². The van der Waals surface area contributed by atoms with Crippen molar-refractivity contribution in [1.82, 2.24) is 15.2 Å². The number of rotatable bonds is 4. The van der Waals surface area contributed by atoms with E-state index >= 15 is 0 Å². The Hall–Kier alpha value is -1.80. The molecule has 5 heteroatoms. The van der Waals surface area contributed by atoms with Crippen molar-refractivity contribution in [3.8, 4) is 6.07 Å². The van der Waals surface area contributed by atoms with Crippen LogP contribution in [0, 0.1) is 18.3 Å². The lowest BCUT2D eigenvalue weighted by molar-refractivity contribution is 0.952. The Balaban J connectivity index is 2.00. The Kier molecular flexibility index (Phi) is 3.78. The zero-order chi connectivity index (χ0) is 12.1. The van der Waals surface area contributed by atoms with E-state index in [1.54, 1.807) is 0 Å². The number of nitrogens with one attached hydrogen (secondary N) is 1. The van der Waals surface area contributed by atoms with Crippen molar-refractivity contribution >= 4 is 11.8 Å². The fourth-order valence-corrected chi connectivity index (χ4v) is 2.33. The third-order valence-electron chi connectivity index (χ3n) is 2.31. The smallest absolute Gasteiger partial charge is 0.208 e. The molecule has 17 heavy (non-hydrogen) atoms. The zero-order valence-electron chi connectivity index (χ0n) is 9.42. The van der Waals surface area contributed by atoms with Gasteiger partial charge in [0.2, 0.25) is 5.16 Å². The number of hydrogen-bond donors (Lipinski definition) is 1. The minimum absolute atomic E-state index is 0.125. The maximum absolute atomic E-state index is 9.15. The highest BCUT2D eigenvalue weighted by Crippen LogP contribution is 2.23. The molecule has 86 valence electrons. The summed E-state index contributed by atoms with van der Waals surface area (Å²) in [7, 11) is 0. The molecule has 0 aliphatic carbocycles. The summed E-state index contributed by atoms with van der Waals surface area (Å²) in [5.74, 6) is 1.33. The molecular weight excluding hydrogens is 232 g/mol. The van der Waals surface area contributed by atoms with Crippen molar-refractivity contribution in [2.45, 2.75) is 18.0 Å². The lowest BCUT2D eigenvalue weighted by Gasteiger charge is -2.06. The van der Waals surface area contributed by atoms with E-state index in [2.05, 4.69) is 21.3 Å². The molecule has 0 radical (unpaired) electrons. The van der Waals surface area contributed by atoms with Gasteiger partial charge >= 0.3 is 0 Å². The number of benzene rings is 1. The van der Waals surface area contributed by atoms with Crippen molar-refractivity contribution in [1.29, 1.82) is 5.26 Å². The molecule has 2 rings (SSSR count). The maximum atomic E-state index is 9.15. The summed E-state index contributed by atoms with van der Waals surface area (Å²) >= 11 is 1.49. The Labute approximate surface area is 104 Å². The van der Waals surface area contributed by atoms with Crippen LogP contribution in [-0.4, -0.2) is 20.9 Å². The molecule has 1 N–H and O–H groups in total. The van der Waals surface area contributed by atoms with Gasteiger partial charge < -0.3 is 0 Å². The number of aromatic amines is 1. The molecule has 4 nitrogen and oxygen atoms in total. The van der Waals surface area contributed by atoms with Gasteiger partial charge in [0, 0.05) is 5.75 Å². The molecular formula is C12H12N4S. The molecule has 2 aromatic rings. The SMILES string of the molecule is Cc1nc(SCC(C#N)c2ccccc2)n[nH]1. The van der Waals surface area contributed by atoms with Crippen LogP contribution in [0.15, 0.2) is 35.5 Å². The van der Waals surface area contributed by atoms with Gasteiger partial charge in [-0.3, -0.25) is 5.10 Å². The van der Waals surface area contributed by atoms with E-state index in [1.807, 2.05) is 37.3 Å². The first kappa shape index (κ1) is 11.7. The minimum Gasteiger partial charge on any atom is -0.262 e. The summed E-state index contributed by atoms with van der Waals surface area (Å²) in [6, 6.07) is 12.1.